The smallest absolute Gasteiger partial charge is 0.344 e. The Kier molecular flexibility index (Phi) is 5.09. The van der Waals surface area contributed by atoms with E-state index in [0.717, 1.165) is 0 Å². The summed E-state index contributed by atoms with van der Waals surface area (Å²) in [5.74, 6) is 0. The summed E-state index contributed by atoms with van der Waals surface area (Å²) in [7, 11) is -6.18. The molecule has 0 saturated heterocycles. The predicted octanol–water partition coefficient (Wildman–Crippen LogP) is 1.92. The highest BCUT2D eigenvalue weighted by atomic mass is 32.2. The van der Waals surface area contributed by atoms with Crippen LogP contribution in [0.3, 0.4) is 0 Å². The Morgan fingerprint density at radius 3 is 1.67 bits per heavy atom. The van der Waals surface area contributed by atoms with Gasteiger partial charge in [-0.2, -0.15) is 30.4 Å². The highest BCUT2D eigenvalue weighted by Crippen LogP contribution is 2.34. The fourth-order valence-corrected chi connectivity index (χ4v) is 0.890. The fourth-order valence-electron chi connectivity index (χ4n) is 0.484. The van der Waals surface area contributed by atoms with E-state index in [-0.39, 0.29) is 6.15 Å². The lowest BCUT2D eigenvalue weighted by Gasteiger charge is -2.18. The molecule has 0 aromatic rings. The molecule has 0 aromatic carbocycles. The second-order valence-corrected chi connectivity index (χ2v) is 3.82. The van der Waals surface area contributed by atoms with Crippen LogP contribution in [-0.4, -0.2) is 30.6 Å². The summed E-state index contributed by atoms with van der Waals surface area (Å²) >= 11 is 0. The van der Waals surface area contributed by atoms with Crippen molar-refractivity contribution in [2.75, 3.05) is 0 Å². The van der Waals surface area contributed by atoms with Crippen molar-refractivity contribution in [1.82, 2.24) is 6.15 Å². The van der Waals surface area contributed by atoms with Crippen molar-refractivity contribution in [2.45, 2.75) is 24.0 Å². The molecule has 94 valence electrons. The molecule has 0 aliphatic rings. The normalized spacial score (nSPS) is 15.7. The first-order valence-corrected chi connectivity index (χ1v) is 4.37. The van der Waals surface area contributed by atoms with Gasteiger partial charge in [-0.3, -0.25) is 4.55 Å². The molecule has 0 bridgehead atoms. The molecule has 0 rings (SSSR count). The monoisotopic (exact) mass is 263 g/mol. The Hall–Kier alpha value is -0.550. The standard InChI is InChI=1S/C4H4F6O3S.H3N/c5-2(1-3(6,7)8)4(9,10)14(11,12)13;/h2H,1H2,(H,11,12,13);1H3. The molecule has 0 spiro atoms. The summed E-state index contributed by atoms with van der Waals surface area (Å²) in [6.45, 7) is 0. The van der Waals surface area contributed by atoms with Crippen LogP contribution in [0.25, 0.3) is 0 Å². The van der Waals surface area contributed by atoms with Crippen molar-refractivity contribution in [3.8, 4) is 0 Å². The lowest BCUT2D eigenvalue weighted by molar-refractivity contribution is -0.163. The van der Waals surface area contributed by atoms with Gasteiger partial charge < -0.3 is 6.15 Å². The van der Waals surface area contributed by atoms with E-state index in [1.165, 1.54) is 0 Å². The van der Waals surface area contributed by atoms with Gasteiger partial charge in [0.2, 0.25) is 0 Å². The van der Waals surface area contributed by atoms with Crippen LogP contribution in [0, 0.1) is 0 Å². The summed E-state index contributed by atoms with van der Waals surface area (Å²) in [6, 6.07) is 0. The van der Waals surface area contributed by atoms with Crippen molar-refractivity contribution < 1.29 is 39.3 Å². The first-order valence-electron chi connectivity index (χ1n) is 2.93. The van der Waals surface area contributed by atoms with E-state index in [9.17, 15) is 34.8 Å². The molecule has 4 nitrogen and oxygen atoms in total. The Labute approximate surface area is 80.6 Å². The third-order valence-corrected chi connectivity index (χ3v) is 2.06. The van der Waals surface area contributed by atoms with Gasteiger partial charge in [-0.05, 0) is 0 Å². The summed E-state index contributed by atoms with van der Waals surface area (Å²) in [5.41, 5.74) is 0. The minimum Gasteiger partial charge on any atom is -0.344 e. The third kappa shape index (κ3) is 4.66. The molecule has 0 fully saturated rings. The lowest BCUT2D eigenvalue weighted by atomic mass is 10.3. The van der Waals surface area contributed by atoms with E-state index in [2.05, 4.69) is 0 Å². The topological polar surface area (TPSA) is 89.4 Å². The highest BCUT2D eigenvalue weighted by molar-refractivity contribution is 7.86. The molecule has 0 radical (unpaired) electrons. The van der Waals surface area contributed by atoms with E-state index in [1.807, 2.05) is 0 Å². The molecule has 1 unspecified atom stereocenters. The van der Waals surface area contributed by atoms with Crippen molar-refractivity contribution >= 4 is 10.1 Å². The van der Waals surface area contributed by atoms with Crippen molar-refractivity contribution in [3.05, 3.63) is 0 Å². The second kappa shape index (κ2) is 4.53. The molecule has 0 saturated carbocycles. The lowest BCUT2D eigenvalue weighted by Crippen LogP contribution is -2.40. The quantitative estimate of drug-likeness (QED) is 0.601. The maximum absolute atomic E-state index is 12.2. The molecule has 0 amide bonds. The Balaban J connectivity index is 0. The van der Waals surface area contributed by atoms with Gasteiger partial charge in [-0.15, -0.1) is 0 Å². The Bertz CT molecular complexity index is 298. The van der Waals surface area contributed by atoms with Gasteiger partial charge >= 0.3 is 21.5 Å². The average Bonchev–Trinajstić information content (AvgIpc) is 1.80. The van der Waals surface area contributed by atoms with Gasteiger partial charge in [-0.25, -0.2) is 4.39 Å². The van der Waals surface area contributed by atoms with E-state index >= 15 is 0 Å². The average molecular weight is 263 g/mol. The molecular formula is C4H7F6NO3S. The summed E-state index contributed by atoms with van der Waals surface area (Å²) in [5, 5.41) is -5.46. The fraction of sp³-hybridized carbons (Fsp3) is 1.00. The van der Waals surface area contributed by atoms with Crippen LogP contribution in [-0.2, 0) is 10.1 Å². The van der Waals surface area contributed by atoms with Crippen LogP contribution in [0.2, 0.25) is 0 Å². The molecule has 0 aromatic heterocycles. The van der Waals surface area contributed by atoms with Crippen LogP contribution in [0.5, 0.6) is 0 Å². The zero-order valence-corrected chi connectivity index (χ0v) is 7.75. The van der Waals surface area contributed by atoms with Crippen LogP contribution in [0.4, 0.5) is 26.3 Å². The second-order valence-electron chi connectivity index (χ2n) is 2.32. The van der Waals surface area contributed by atoms with Gasteiger partial charge in [-0.1, -0.05) is 0 Å². The number of halogens is 6. The Morgan fingerprint density at radius 2 is 1.47 bits per heavy atom. The number of alkyl halides is 6. The minimum absolute atomic E-state index is 0. The molecule has 15 heavy (non-hydrogen) atoms. The van der Waals surface area contributed by atoms with Crippen molar-refractivity contribution in [3.63, 3.8) is 0 Å². The van der Waals surface area contributed by atoms with Crippen LogP contribution in [0.1, 0.15) is 6.42 Å². The molecular weight excluding hydrogens is 256 g/mol. The maximum Gasteiger partial charge on any atom is 0.400 e. The molecule has 0 aliphatic carbocycles. The van der Waals surface area contributed by atoms with E-state index in [1.54, 1.807) is 0 Å². The Morgan fingerprint density at radius 1 is 1.13 bits per heavy atom. The molecule has 0 heterocycles. The first kappa shape index (κ1) is 16.9. The maximum atomic E-state index is 12.2. The summed E-state index contributed by atoms with van der Waals surface area (Å²) in [6.07, 6.45) is -12.0. The first-order chi connectivity index (χ1) is 5.88. The van der Waals surface area contributed by atoms with E-state index < -0.39 is 34.1 Å². The van der Waals surface area contributed by atoms with Gasteiger partial charge in [0.1, 0.15) is 0 Å². The minimum atomic E-state index is -6.18. The summed E-state index contributed by atoms with van der Waals surface area (Å²) in [4.78, 5) is 0. The van der Waals surface area contributed by atoms with Gasteiger partial charge in [0.25, 0.3) is 0 Å². The SMILES string of the molecule is N.O=S(=O)(O)C(F)(F)C(F)CC(F)(F)F. The number of hydrogen-bond donors (Lipinski definition) is 2. The summed E-state index contributed by atoms with van der Waals surface area (Å²) < 4.78 is 97.9. The van der Waals surface area contributed by atoms with E-state index in [4.69, 9.17) is 4.55 Å². The van der Waals surface area contributed by atoms with Gasteiger partial charge in [0.15, 0.2) is 6.17 Å². The zero-order valence-electron chi connectivity index (χ0n) is 6.93. The molecule has 1 atom stereocenters. The van der Waals surface area contributed by atoms with Gasteiger partial charge in [0, 0.05) is 0 Å². The van der Waals surface area contributed by atoms with Gasteiger partial charge in [0.05, 0.1) is 6.42 Å². The largest absolute Gasteiger partial charge is 0.400 e. The predicted molar refractivity (Wildman–Crippen MR) is 37.1 cm³/mol. The van der Waals surface area contributed by atoms with Crippen molar-refractivity contribution in [2.24, 2.45) is 0 Å². The molecule has 0 aliphatic heterocycles. The van der Waals surface area contributed by atoms with E-state index in [0.29, 0.717) is 0 Å². The highest BCUT2D eigenvalue weighted by Gasteiger charge is 2.55. The van der Waals surface area contributed by atoms with Crippen LogP contribution < -0.4 is 6.15 Å². The molecule has 4 N–H and O–H groups in total. The van der Waals surface area contributed by atoms with Crippen molar-refractivity contribution in [1.29, 1.82) is 0 Å². The van der Waals surface area contributed by atoms with Crippen LogP contribution >= 0.6 is 0 Å². The third-order valence-electron chi connectivity index (χ3n) is 1.12. The molecule has 11 heteroatoms. The zero-order chi connectivity index (χ0) is 11.8. The number of hydrogen-bond acceptors (Lipinski definition) is 3. The van der Waals surface area contributed by atoms with Crippen LogP contribution in [0.15, 0.2) is 0 Å². The number of rotatable bonds is 3.